The molecular formula is C17H20O4. The van der Waals surface area contributed by atoms with Gasteiger partial charge in [-0.25, -0.2) is 0 Å². The van der Waals surface area contributed by atoms with Gasteiger partial charge in [0.2, 0.25) is 0 Å². The average Bonchev–Trinajstić information content (AvgIpc) is 2.91. The summed E-state index contributed by atoms with van der Waals surface area (Å²) in [7, 11) is 0. The van der Waals surface area contributed by atoms with Crippen LogP contribution in [-0.4, -0.2) is 34.5 Å². The Kier molecular flexibility index (Phi) is 3.26. The molecule has 2 aliphatic rings. The predicted octanol–water partition coefficient (Wildman–Crippen LogP) is 2.16. The number of ketones is 2. The number of aryl methyl sites for hydroxylation is 1. The van der Waals surface area contributed by atoms with Crippen LogP contribution in [-0.2, 0) is 9.53 Å². The fraction of sp³-hybridized carbons (Fsp3) is 0.529. The standard InChI is InChI=1S/C17H20O4/c1-9-5-4-6-10-12(18)7-11(15(9)10)16-13(19)8-14(21-16)17(2,3)20/h4-6,11,14,16,20H,7-8H2,1-3H3. The first kappa shape index (κ1) is 14.4. The minimum Gasteiger partial charge on any atom is -0.388 e. The van der Waals surface area contributed by atoms with Gasteiger partial charge in [0, 0.05) is 24.3 Å². The van der Waals surface area contributed by atoms with Crippen LogP contribution in [0.3, 0.4) is 0 Å². The molecule has 0 bridgehead atoms. The molecule has 1 heterocycles. The highest BCUT2D eigenvalue weighted by molar-refractivity contribution is 6.03. The summed E-state index contributed by atoms with van der Waals surface area (Å²) in [6, 6.07) is 5.64. The highest BCUT2D eigenvalue weighted by atomic mass is 16.5. The van der Waals surface area contributed by atoms with Gasteiger partial charge >= 0.3 is 0 Å². The van der Waals surface area contributed by atoms with Gasteiger partial charge < -0.3 is 9.84 Å². The molecule has 1 aromatic rings. The third kappa shape index (κ3) is 2.32. The quantitative estimate of drug-likeness (QED) is 0.906. The largest absolute Gasteiger partial charge is 0.388 e. The van der Waals surface area contributed by atoms with Gasteiger partial charge in [-0.2, -0.15) is 0 Å². The Morgan fingerprint density at radius 1 is 1.24 bits per heavy atom. The van der Waals surface area contributed by atoms with Crippen molar-refractivity contribution < 1.29 is 19.4 Å². The second kappa shape index (κ2) is 4.75. The highest BCUT2D eigenvalue weighted by Crippen LogP contribution is 2.42. The lowest BCUT2D eigenvalue weighted by molar-refractivity contribution is -0.125. The molecule has 1 aliphatic carbocycles. The monoisotopic (exact) mass is 288 g/mol. The van der Waals surface area contributed by atoms with Crippen molar-refractivity contribution in [3.8, 4) is 0 Å². The fourth-order valence-corrected chi connectivity index (χ4v) is 3.42. The Labute approximate surface area is 124 Å². The van der Waals surface area contributed by atoms with E-state index in [4.69, 9.17) is 4.74 Å². The third-order valence-electron chi connectivity index (χ3n) is 4.57. The molecule has 4 heteroatoms. The lowest BCUT2D eigenvalue weighted by Crippen LogP contribution is -2.36. The zero-order chi connectivity index (χ0) is 15.4. The number of carbonyl (C=O) groups is 2. The van der Waals surface area contributed by atoms with Crippen molar-refractivity contribution in [2.45, 2.75) is 57.3 Å². The van der Waals surface area contributed by atoms with Crippen molar-refractivity contribution >= 4 is 11.6 Å². The molecule has 1 saturated heterocycles. The molecule has 0 aromatic heterocycles. The summed E-state index contributed by atoms with van der Waals surface area (Å²) in [5, 5.41) is 10.1. The zero-order valence-corrected chi connectivity index (χ0v) is 12.6. The molecule has 1 aromatic carbocycles. The van der Waals surface area contributed by atoms with E-state index in [9.17, 15) is 14.7 Å². The van der Waals surface area contributed by atoms with Gasteiger partial charge in [-0.05, 0) is 31.9 Å². The summed E-state index contributed by atoms with van der Waals surface area (Å²) in [5.74, 6) is -0.161. The van der Waals surface area contributed by atoms with Crippen molar-refractivity contribution in [3.63, 3.8) is 0 Å². The zero-order valence-electron chi connectivity index (χ0n) is 12.6. The van der Waals surface area contributed by atoms with E-state index in [0.29, 0.717) is 12.0 Å². The summed E-state index contributed by atoms with van der Waals surface area (Å²) in [4.78, 5) is 24.5. The number of fused-ring (bicyclic) bond motifs is 1. The fourth-order valence-electron chi connectivity index (χ4n) is 3.42. The second-order valence-corrected chi connectivity index (χ2v) is 6.64. The molecule has 112 valence electrons. The third-order valence-corrected chi connectivity index (χ3v) is 4.57. The molecule has 0 amide bonds. The van der Waals surface area contributed by atoms with E-state index in [1.54, 1.807) is 13.8 Å². The Balaban J connectivity index is 1.94. The van der Waals surface area contributed by atoms with Gasteiger partial charge in [0.25, 0.3) is 0 Å². The van der Waals surface area contributed by atoms with E-state index < -0.39 is 17.8 Å². The number of hydrogen-bond acceptors (Lipinski definition) is 4. The molecule has 21 heavy (non-hydrogen) atoms. The molecule has 1 N–H and O–H groups in total. The van der Waals surface area contributed by atoms with Gasteiger partial charge in [0.05, 0.1) is 11.7 Å². The van der Waals surface area contributed by atoms with E-state index in [0.717, 1.165) is 11.1 Å². The van der Waals surface area contributed by atoms with Gasteiger partial charge in [-0.3, -0.25) is 9.59 Å². The number of ether oxygens (including phenoxy) is 1. The molecular weight excluding hydrogens is 268 g/mol. The van der Waals surface area contributed by atoms with Crippen LogP contribution in [0, 0.1) is 6.92 Å². The highest BCUT2D eigenvalue weighted by Gasteiger charge is 2.47. The van der Waals surface area contributed by atoms with E-state index in [-0.39, 0.29) is 23.9 Å². The van der Waals surface area contributed by atoms with Crippen LogP contribution in [0.1, 0.15) is 54.1 Å². The summed E-state index contributed by atoms with van der Waals surface area (Å²) in [6.07, 6.45) is -0.596. The summed E-state index contributed by atoms with van der Waals surface area (Å²) >= 11 is 0. The number of hydrogen-bond donors (Lipinski definition) is 1. The normalized spacial score (nSPS) is 29.0. The molecule has 0 radical (unpaired) electrons. The Hall–Kier alpha value is -1.52. The smallest absolute Gasteiger partial charge is 0.164 e. The van der Waals surface area contributed by atoms with Crippen molar-refractivity contribution in [3.05, 3.63) is 34.9 Å². The van der Waals surface area contributed by atoms with Crippen LogP contribution < -0.4 is 0 Å². The minimum atomic E-state index is -1.05. The van der Waals surface area contributed by atoms with Gasteiger partial charge in [0.15, 0.2) is 11.6 Å². The Morgan fingerprint density at radius 3 is 2.57 bits per heavy atom. The second-order valence-electron chi connectivity index (χ2n) is 6.64. The molecule has 1 aliphatic heterocycles. The van der Waals surface area contributed by atoms with E-state index >= 15 is 0 Å². The Morgan fingerprint density at radius 2 is 1.95 bits per heavy atom. The van der Waals surface area contributed by atoms with Crippen molar-refractivity contribution in [2.24, 2.45) is 0 Å². The van der Waals surface area contributed by atoms with Crippen LogP contribution in [0.5, 0.6) is 0 Å². The molecule has 3 atom stereocenters. The number of aliphatic hydroxyl groups is 1. The first-order valence-corrected chi connectivity index (χ1v) is 7.32. The van der Waals surface area contributed by atoms with Gasteiger partial charge in [-0.15, -0.1) is 0 Å². The van der Waals surface area contributed by atoms with Gasteiger partial charge in [-0.1, -0.05) is 18.2 Å². The van der Waals surface area contributed by atoms with E-state index in [2.05, 4.69) is 0 Å². The number of Topliss-reactive ketones (excluding diaryl/α,β-unsaturated/α-hetero) is 2. The van der Waals surface area contributed by atoms with E-state index in [1.165, 1.54) is 0 Å². The van der Waals surface area contributed by atoms with Gasteiger partial charge in [0.1, 0.15) is 6.10 Å². The van der Waals surface area contributed by atoms with Crippen LogP contribution in [0.4, 0.5) is 0 Å². The molecule has 4 nitrogen and oxygen atoms in total. The predicted molar refractivity (Wildman–Crippen MR) is 77.5 cm³/mol. The molecule has 0 saturated carbocycles. The van der Waals surface area contributed by atoms with Crippen LogP contribution in [0.25, 0.3) is 0 Å². The van der Waals surface area contributed by atoms with Crippen LogP contribution >= 0.6 is 0 Å². The lowest BCUT2D eigenvalue weighted by atomic mass is 9.89. The van der Waals surface area contributed by atoms with Crippen molar-refractivity contribution in [1.29, 1.82) is 0 Å². The maximum atomic E-state index is 12.3. The van der Waals surface area contributed by atoms with Crippen molar-refractivity contribution in [2.75, 3.05) is 0 Å². The first-order valence-electron chi connectivity index (χ1n) is 7.32. The lowest BCUT2D eigenvalue weighted by Gasteiger charge is -2.26. The summed E-state index contributed by atoms with van der Waals surface area (Å²) in [6.45, 7) is 5.25. The maximum absolute atomic E-state index is 12.3. The Bertz CT molecular complexity index is 612. The van der Waals surface area contributed by atoms with E-state index in [1.807, 2.05) is 25.1 Å². The number of rotatable bonds is 2. The topological polar surface area (TPSA) is 63.6 Å². The first-order chi connectivity index (χ1) is 9.79. The van der Waals surface area contributed by atoms with Crippen LogP contribution in [0.15, 0.2) is 18.2 Å². The average molecular weight is 288 g/mol. The number of carbonyl (C=O) groups excluding carboxylic acids is 2. The molecule has 3 unspecified atom stereocenters. The minimum absolute atomic E-state index is 0.0176. The molecule has 0 spiro atoms. The molecule has 1 fully saturated rings. The molecule has 3 rings (SSSR count). The van der Waals surface area contributed by atoms with Crippen LogP contribution in [0.2, 0.25) is 0 Å². The van der Waals surface area contributed by atoms with Crippen molar-refractivity contribution in [1.82, 2.24) is 0 Å². The maximum Gasteiger partial charge on any atom is 0.164 e. The number of benzene rings is 1. The summed E-state index contributed by atoms with van der Waals surface area (Å²) < 4.78 is 5.83. The SMILES string of the molecule is Cc1cccc2c1C(C1OC(C(C)(C)O)CC1=O)CC2=O. The summed E-state index contributed by atoms with van der Waals surface area (Å²) in [5.41, 5.74) is 1.62.